The van der Waals surface area contributed by atoms with Crippen LogP contribution in [-0.2, 0) is 14.4 Å². The van der Waals surface area contributed by atoms with Crippen molar-refractivity contribution in [2.45, 2.75) is 19.8 Å². The number of nitrogens with one attached hydrogen (secondary N) is 2. The Morgan fingerprint density at radius 3 is 2.29 bits per heavy atom. The molecule has 0 bridgehead atoms. The third kappa shape index (κ3) is 8.77. The zero-order valence-corrected chi connectivity index (χ0v) is 17.9. The average Bonchev–Trinajstić information content (AvgIpc) is 2.80. The third-order valence-electron chi connectivity index (χ3n) is 4.39. The molecule has 8 nitrogen and oxygen atoms in total. The van der Waals surface area contributed by atoms with Gasteiger partial charge in [0.2, 0.25) is 11.8 Å². The number of hydrogen-bond acceptors (Lipinski definition) is 5. The lowest BCUT2D eigenvalue weighted by molar-refractivity contribution is -0.137. The lowest BCUT2D eigenvalue weighted by atomic mass is 10.3. The summed E-state index contributed by atoms with van der Waals surface area (Å²) in [6, 6.07) is 15.9. The summed E-state index contributed by atoms with van der Waals surface area (Å²) >= 11 is 0. The van der Waals surface area contributed by atoms with E-state index in [-0.39, 0.29) is 31.5 Å². The summed E-state index contributed by atoms with van der Waals surface area (Å²) in [6.45, 7) is 1.97. The van der Waals surface area contributed by atoms with Crippen molar-refractivity contribution >= 4 is 23.4 Å². The van der Waals surface area contributed by atoms with Gasteiger partial charge in [0.05, 0.1) is 20.2 Å². The van der Waals surface area contributed by atoms with Gasteiger partial charge < -0.3 is 25.0 Å². The molecule has 0 unspecified atom stereocenters. The normalized spacial score (nSPS) is 10.1. The van der Waals surface area contributed by atoms with Gasteiger partial charge in [0, 0.05) is 12.2 Å². The van der Waals surface area contributed by atoms with Crippen LogP contribution >= 0.6 is 0 Å². The highest BCUT2D eigenvalue weighted by Gasteiger charge is 2.18. The second-order valence-corrected chi connectivity index (χ2v) is 6.82. The first-order chi connectivity index (χ1) is 15.0. The van der Waals surface area contributed by atoms with E-state index in [1.807, 2.05) is 25.1 Å². The van der Waals surface area contributed by atoms with Gasteiger partial charge in [0.15, 0.2) is 6.61 Å². The van der Waals surface area contributed by atoms with Crippen LogP contribution in [0.5, 0.6) is 11.5 Å². The first-order valence-corrected chi connectivity index (χ1v) is 10.2. The summed E-state index contributed by atoms with van der Waals surface area (Å²) in [5.41, 5.74) is 0.595. The van der Waals surface area contributed by atoms with Crippen molar-refractivity contribution in [2.75, 3.05) is 38.7 Å². The van der Waals surface area contributed by atoms with E-state index >= 15 is 0 Å². The number of nitrogens with zero attached hydrogens (tertiary/aromatic N) is 1. The van der Waals surface area contributed by atoms with E-state index in [0.29, 0.717) is 23.7 Å². The van der Waals surface area contributed by atoms with Gasteiger partial charge in [-0.1, -0.05) is 31.5 Å². The fraction of sp³-hybridized carbons (Fsp3) is 0.348. The number of rotatable bonds is 12. The molecule has 0 aliphatic heterocycles. The van der Waals surface area contributed by atoms with Crippen molar-refractivity contribution in [3.8, 4) is 11.5 Å². The Morgan fingerprint density at radius 1 is 0.935 bits per heavy atom. The van der Waals surface area contributed by atoms with Crippen molar-refractivity contribution in [1.82, 2.24) is 10.2 Å². The highest BCUT2D eigenvalue weighted by molar-refractivity contribution is 5.95. The maximum atomic E-state index is 12.5. The van der Waals surface area contributed by atoms with Crippen LogP contribution in [0.1, 0.15) is 19.8 Å². The van der Waals surface area contributed by atoms with Gasteiger partial charge >= 0.3 is 0 Å². The van der Waals surface area contributed by atoms with Crippen LogP contribution in [0.25, 0.3) is 0 Å². The van der Waals surface area contributed by atoms with Crippen molar-refractivity contribution in [1.29, 1.82) is 0 Å². The van der Waals surface area contributed by atoms with E-state index in [9.17, 15) is 14.4 Å². The van der Waals surface area contributed by atoms with E-state index < -0.39 is 5.91 Å². The molecule has 0 aromatic heterocycles. The molecule has 0 radical (unpaired) electrons. The molecule has 3 amide bonds. The summed E-state index contributed by atoms with van der Waals surface area (Å²) < 4.78 is 10.6. The number of ether oxygens (including phenoxy) is 2. The van der Waals surface area contributed by atoms with Crippen molar-refractivity contribution in [3.63, 3.8) is 0 Å². The molecule has 0 saturated heterocycles. The number of para-hydroxylation sites is 1. The van der Waals surface area contributed by atoms with E-state index in [1.165, 1.54) is 4.90 Å². The van der Waals surface area contributed by atoms with Crippen LogP contribution in [0.15, 0.2) is 54.6 Å². The number of anilines is 1. The molecule has 0 aliphatic carbocycles. The van der Waals surface area contributed by atoms with Crippen LogP contribution in [0.2, 0.25) is 0 Å². The molecule has 0 aliphatic rings. The summed E-state index contributed by atoms with van der Waals surface area (Å²) in [6.07, 6.45) is 1.65. The largest absolute Gasteiger partial charge is 0.497 e. The van der Waals surface area contributed by atoms with Gasteiger partial charge in [0.25, 0.3) is 5.91 Å². The molecule has 0 fully saturated rings. The molecule has 8 heteroatoms. The molecule has 2 aromatic carbocycles. The SMILES string of the molecule is CCCCN(CC(=O)NCC(=O)Nc1ccc(OC)cc1)C(=O)COc1ccccc1. The van der Waals surface area contributed by atoms with Crippen LogP contribution in [0, 0.1) is 0 Å². The van der Waals surface area contributed by atoms with Crippen LogP contribution < -0.4 is 20.1 Å². The molecule has 2 N–H and O–H groups in total. The fourth-order valence-corrected chi connectivity index (χ4v) is 2.68. The number of amides is 3. The van der Waals surface area contributed by atoms with E-state index in [0.717, 1.165) is 12.8 Å². The van der Waals surface area contributed by atoms with Gasteiger partial charge in [-0.05, 0) is 42.8 Å². The lowest BCUT2D eigenvalue weighted by Gasteiger charge is -2.22. The van der Waals surface area contributed by atoms with Gasteiger partial charge in [0.1, 0.15) is 11.5 Å². The minimum absolute atomic E-state index is 0.132. The lowest BCUT2D eigenvalue weighted by Crippen LogP contribution is -2.44. The minimum Gasteiger partial charge on any atom is -0.497 e. The summed E-state index contributed by atoms with van der Waals surface area (Å²) in [4.78, 5) is 38.3. The van der Waals surface area contributed by atoms with Gasteiger partial charge in [-0.3, -0.25) is 14.4 Å². The number of hydrogen-bond donors (Lipinski definition) is 2. The molecule has 0 heterocycles. The first kappa shape index (κ1) is 23.7. The van der Waals surface area contributed by atoms with Crippen molar-refractivity contribution in [3.05, 3.63) is 54.6 Å². The van der Waals surface area contributed by atoms with Crippen LogP contribution in [0.4, 0.5) is 5.69 Å². The number of carbonyl (C=O) groups excluding carboxylic acids is 3. The second-order valence-electron chi connectivity index (χ2n) is 6.82. The maximum Gasteiger partial charge on any atom is 0.260 e. The Kier molecular flexibility index (Phi) is 9.87. The maximum absolute atomic E-state index is 12.5. The third-order valence-corrected chi connectivity index (χ3v) is 4.39. The first-order valence-electron chi connectivity index (χ1n) is 10.2. The molecular weight excluding hydrogens is 398 g/mol. The fourth-order valence-electron chi connectivity index (χ4n) is 2.68. The standard InChI is InChI=1S/C23H29N3O5/c1-3-4-14-26(23(29)17-31-20-8-6-5-7-9-20)16-22(28)24-15-21(27)25-18-10-12-19(30-2)13-11-18/h5-13H,3-4,14-17H2,1-2H3,(H,24,28)(H,25,27). The second kappa shape index (κ2) is 12.9. The minimum atomic E-state index is -0.408. The predicted octanol–water partition coefficient (Wildman–Crippen LogP) is 2.46. The van der Waals surface area contributed by atoms with Crippen LogP contribution in [0.3, 0.4) is 0 Å². The van der Waals surface area contributed by atoms with E-state index in [4.69, 9.17) is 9.47 Å². The zero-order valence-electron chi connectivity index (χ0n) is 17.9. The molecule has 0 atom stereocenters. The Bertz CT molecular complexity index is 840. The van der Waals surface area contributed by atoms with Crippen molar-refractivity contribution < 1.29 is 23.9 Å². The monoisotopic (exact) mass is 427 g/mol. The summed E-state index contributed by atoms with van der Waals surface area (Å²) in [7, 11) is 1.56. The highest BCUT2D eigenvalue weighted by atomic mass is 16.5. The number of methoxy groups -OCH3 is 1. The van der Waals surface area contributed by atoms with Crippen molar-refractivity contribution in [2.24, 2.45) is 0 Å². The number of carbonyl (C=O) groups is 3. The number of benzene rings is 2. The molecule has 2 aromatic rings. The molecule has 2 rings (SSSR count). The Morgan fingerprint density at radius 2 is 1.65 bits per heavy atom. The Balaban J connectivity index is 1.80. The molecular formula is C23H29N3O5. The van der Waals surface area contributed by atoms with Gasteiger partial charge in [-0.15, -0.1) is 0 Å². The predicted molar refractivity (Wildman–Crippen MR) is 118 cm³/mol. The summed E-state index contributed by atoms with van der Waals surface area (Å²) in [5, 5.41) is 5.24. The number of unbranched alkanes of at least 4 members (excludes halogenated alkanes) is 1. The topological polar surface area (TPSA) is 97.0 Å². The summed E-state index contributed by atoms with van der Waals surface area (Å²) in [5.74, 6) is 0.215. The quantitative estimate of drug-likeness (QED) is 0.542. The highest BCUT2D eigenvalue weighted by Crippen LogP contribution is 2.14. The Labute approximate surface area is 182 Å². The Hall–Kier alpha value is -3.55. The van der Waals surface area contributed by atoms with Crippen LogP contribution in [-0.4, -0.2) is 56.0 Å². The molecule has 0 spiro atoms. The zero-order chi connectivity index (χ0) is 22.5. The van der Waals surface area contributed by atoms with Gasteiger partial charge in [-0.25, -0.2) is 0 Å². The molecule has 31 heavy (non-hydrogen) atoms. The molecule has 166 valence electrons. The van der Waals surface area contributed by atoms with Gasteiger partial charge in [-0.2, -0.15) is 0 Å². The van der Waals surface area contributed by atoms with E-state index in [2.05, 4.69) is 10.6 Å². The average molecular weight is 428 g/mol. The molecule has 0 saturated carbocycles. The smallest absolute Gasteiger partial charge is 0.260 e. The van der Waals surface area contributed by atoms with E-state index in [1.54, 1.807) is 43.5 Å².